The van der Waals surface area contributed by atoms with Crippen molar-refractivity contribution in [2.24, 2.45) is 0 Å². The number of nitrogens with zero attached hydrogens (tertiary/aromatic N) is 4. The first-order valence-corrected chi connectivity index (χ1v) is 9.81. The number of hydrogen-bond donors (Lipinski definition) is 0. The average Bonchev–Trinajstić information content (AvgIpc) is 3.16. The molecule has 1 atom stereocenters. The lowest BCUT2D eigenvalue weighted by Crippen LogP contribution is -2.37. The standard InChI is InChI=1S/C21H20N4O2S/c1-16(20(26)25(14-8-13-22)18-11-6-3-7-12-18)28-21-24-23-19(27-21)15-17-9-4-2-5-10-17/h2-7,9-12,16H,8,14-15H2,1H3/t16-/m0/s1. The summed E-state index contributed by atoms with van der Waals surface area (Å²) in [6, 6.07) is 21.3. The summed E-state index contributed by atoms with van der Waals surface area (Å²) < 4.78 is 5.69. The number of thioether (sulfide) groups is 1. The van der Waals surface area contributed by atoms with Crippen molar-refractivity contribution in [1.82, 2.24) is 10.2 Å². The van der Waals surface area contributed by atoms with Crippen LogP contribution in [-0.4, -0.2) is 27.9 Å². The van der Waals surface area contributed by atoms with Crippen molar-refractivity contribution in [2.75, 3.05) is 11.4 Å². The number of amides is 1. The zero-order valence-corrected chi connectivity index (χ0v) is 16.3. The smallest absolute Gasteiger partial charge is 0.277 e. The summed E-state index contributed by atoms with van der Waals surface area (Å²) in [5.41, 5.74) is 1.85. The highest BCUT2D eigenvalue weighted by Crippen LogP contribution is 2.26. The lowest BCUT2D eigenvalue weighted by molar-refractivity contribution is -0.117. The Kier molecular flexibility index (Phi) is 6.82. The first-order valence-electron chi connectivity index (χ1n) is 8.93. The lowest BCUT2D eigenvalue weighted by Gasteiger charge is -2.24. The first-order chi connectivity index (χ1) is 13.7. The van der Waals surface area contributed by atoms with Crippen LogP contribution < -0.4 is 4.90 Å². The second kappa shape index (κ2) is 9.72. The van der Waals surface area contributed by atoms with Crippen LogP contribution in [0.25, 0.3) is 0 Å². The summed E-state index contributed by atoms with van der Waals surface area (Å²) in [5, 5.41) is 17.0. The summed E-state index contributed by atoms with van der Waals surface area (Å²) in [5.74, 6) is 0.409. The van der Waals surface area contributed by atoms with Crippen LogP contribution in [-0.2, 0) is 11.2 Å². The van der Waals surface area contributed by atoms with Crippen molar-refractivity contribution in [3.63, 3.8) is 0 Å². The molecule has 6 nitrogen and oxygen atoms in total. The maximum absolute atomic E-state index is 13.0. The van der Waals surface area contributed by atoms with E-state index in [1.807, 2.05) is 60.7 Å². The van der Waals surface area contributed by atoms with Crippen molar-refractivity contribution in [2.45, 2.75) is 30.2 Å². The van der Waals surface area contributed by atoms with Crippen LogP contribution in [0.15, 0.2) is 70.3 Å². The van der Waals surface area contributed by atoms with Crippen molar-refractivity contribution >= 4 is 23.4 Å². The van der Waals surface area contributed by atoms with Gasteiger partial charge in [0.25, 0.3) is 5.22 Å². The van der Waals surface area contributed by atoms with Crippen LogP contribution >= 0.6 is 11.8 Å². The number of nitriles is 1. The Bertz CT molecular complexity index is 938. The summed E-state index contributed by atoms with van der Waals surface area (Å²) in [4.78, 5) is 14.6. The number of carbonyl (C=O) groups is 1. The van der Waals surface area contributed by atoms with E-state index in [0.717, 1.165) is 11.3 Å². The minimum Gasteiger partial charge on any atom is -0.416 e. The Balaban J connectivity index is 1.66. The molecule has 3 rings (SSSR count). The van der Waals surface area contributed by atoms with Crippen molar-refractivity contribution in [1.29, 1.82) is 5.26 Å². The van der Waals surface area contributed by atoms with E-state index in [4.69, 9.17) is 9.68 Å². The third kappa shape index (κ3) is 5.21. The molecule has 3 aromatic rings. The average molecular weight is 392 g/mol. The zero-order valence-electron chi connectivity index (χ0n) is 15.5. The van der Waals surface area contributed by atoms with Gasteiger partial charge in [0.2, 0.25) is 11.8 Å². The topological polar surface area (TPSA) is 83.0 Å². The highest BCUT2D eigenvalue weighted by molar-refractivity contribution is 8.00. The Morgan fingerprint density at radius 2 is 1.82 bits per heavy atom. The number of benzene rings is 2. The van der Waals surface area contributed by atoms with E-state index < -0.39 is 5.25 Å². The number of para-hydroxylation sites is 1. The van der Waals surface area contributed by atoms with Gasteiger partial charge in [0.15, 0.2) is 0 Å². The SMILES string of the molecule is C[C@H](Sc1nnc(Cc2ccccc2)o1)C(=O)N(CCC#N)c1ccccc1. The van der Waals surface area contributed by atoms with Gasteiger partial charge in [-0.15, -0.1) is 10.2 Å². The van der Waals surface area contributed by atoms with E-state index in [1.165, 1.54) is 11.8 Å². The van der Waals surface area contributed by atoms with Gasteiger partial charge in [0, 0.05) is 12.2 Å². The van der Waals surface area contributed by atoms with Gasteiger partial charge in [0.1, 0.15) is 0 Å². The van der Waals surface area contributed by atoms with Crippen LogP contribution in [0.1, 0.15) is 24.8 Å². The maximum Gasteiger partial charge on any atom is 0.277 e. The molecule has 0 bridgehead atoms. The fourth-order valence-corrected chi connectivity index (χ4v) is 3.45. The van der Waals surface area contributed by atoms with Gasteiger partial charge < -0.3 is 9.32 Å². The van der Waals surface area contributed by atoms with Gasteiger partial charge in [-0.05, 0) is 24.6 Å². The van der Waals surface area contributed by atoms with E-state index in [1.54, 1.807) is 11.8 Å². The van der Waals surface area contributed by atoms with E-state index in [9.17, 15) is 4.79 Å². The van der Waals surface area contributed by atoms with Crippen LogP contribution in [0.4, 0.5) is 5.69 Å². The molecule has 28 heavy (non-hydrogen) atoms. The molecule has 0 aliphatic heterocycles. The molecule has 0 aliphatic rings. The Morgan fingerprint density at radius 3 is 2.50 bits per heavy atom. The third-order valence-electron chi connectivity index (χ3n) is 4.05. The highest BCUT2D eigenvalue weighted by atomic mass is 32.2. The van der Waals surface area contributed by atoms with Crippen molar-refractivity contribution in [3.05, 3.63) is 72.1 Å². The molecule has 0 fully saturated rings. The normalized spacial score (nSPS) is 11.6. The fraction of sp³-hybridized carbons (Fsp3) is 0.238. The quantitative estimate of drug-likeness (QED) is 0.537. The molecular formula is C21H20N4O2S. The molecule has 0 unspecified atom stereocenters. The van der Waals surface area contributed by atoms with Crippen LogP contribution in [0.2, 0.25) is 0 Å². The molecule has 0 spiro atoms. The summed E-state index contributed by atoms with van der Waals surface area (Å²) in [6.07, 6.45) is 0.814. The summed E-state index contributed by atoms with van der Waals surface area (Å²) in [6.45, 7) is 2.14. The molecule has 0 radical (unpaired) electrons. The van der Waals surface area contributed by atoms with Gasteiger partial charge in [-0.3, -0.25) is 4.79 Å². The van der Waals surface area contributed by atoms with E-state index in [-0.39, 0.29) is 12.3 Å². The number of carbonyl (C=O) groups excluding carboxylic acids is 1. The maximum atomic E-state index is 13.0. The second-order valence-corrected chi connectivity index (χ2v) is 7.41. The van der Waals surface area contributed by atoms with Gasteiger partial charge in [-0.2, -0.15) is 5.26 Å². The predicted octanol–water partition coefficient (Wildman–Crippen LogP) is 4.09. The Labute approximate surface area is 168 Å². The highest BCUT2D eigenvalue weighted by Gasteiger charge is 2.24. The van der Waals surface area contributed by atoms with E-state index in [2.05, 4.69) is 16.3 Å². The molecule has 0 saturated carbocycles. The number of aromatic nitrogens is 2. The van der Waals surface area contributed by atoms with Crippen LogP contribution in [0.3, 0.4) is 0 Å². The number of hydrogen-bond acceptors (Lipinski definition) is 6. The second-order valence-electron chi connectivity index (χ2n) is 6.12. The predicted molar refractivity (Wildman–Crippen MR) is 108 cm³/mol. The van der Waals surface area contributed by atoms with Crippen molar-refractivity contribution < 1.29 is 9.21 Å². The molecule has 7 heteroatoms. The Morgan fingerprint density at radius 1 is 1.14 bits per heavy atom. The van der Waals surface area contributed by atoms with Gasteiger partial charge in [0.05, 0.1) is 24.2 Å². The molecule has 2 aromatic carbocycles. The molecule has 1 amide bonds. The molecule has 142 valence electrons. The van der Waals surface area contributed by atoms with Crippen LogP contribution in [0.5, 0.6) is 0 Å². The molecule has 1 heterocycles. The first kappa shape index (κ1) is 19.6. The molecule has 0 N–H and O–H groups in total. The van der Waals surface area contributed by atoms with Gasteiger partial charge >= 0.3 is 0 Å². The lowest BCUT2D eigenvalue weighted by atomic mass is 10.2. The Hall–Kier alpha value is -3.11. The van der Waals surface area contributed by atoms with Crippen LogP contribution in [0, 0.1) is 11.3 Å². The monoisotopic (exact) mass is 392 g/mol. The molecule has 1 aromatic heterocycles. The van der Waals surface area contributed by atoms with Gasteiger partial charge in [-0.25, -0.2) is 0 Å². The van der Waals surface area contributed by atoms with E-state index in [0.29, 0.717) is 24.1 Å². The molecule has 0 aliphatic carbocycles. The molecular weight excluding hydrogens is 372 g/mol. The fourth-order valence-electron chi connectivity index (χ4n) is 2.69. The minimum atomic E-state index is -0.427. The van der Waals surface area contributed by atoms with E-state index >= 15 is 0 Å². The number of anilines is 1. The summed E-state index contributed by atoms with van der Waals surface area (Å²) in [7, 11) is 0. The minimum absolute atomic E-state index is 0.103. The zero-order chi connectivity index (χ0) is 19.8. The molecule has 0 saturated heterocycles. The largest absolute Gasteiger partial charge is 0.416 e. The third-order valence-corrected chi connectivity index (χ3v) is 4.97. The van der Waals surface area contributed by atoms with Gasteiger partial charge in [-0.1, -0.05) is 60.3 Å². The number of rotatable bonds is 8. The van der Waals surface area contributed by atoms with Crippen molar-refractivity contribution in [3.8, 4) is 6.07 Å². The summed E-state index contributed by atoms with van der Waals surface area (Å²) >= 11 is 1.23.